The first-order valence-electron chi connectivity index (χ1n) is 15.3. The van der Waals surface area contributed by atoms with Crippen LogP contribution in [-0.2, 0) is 31.3 Å². The van der Waals surface area contributed by atoms with Crippen LogP contribution in [0.4, 0.5) is 0 Å². The Kier molecular flexibility index (Phi) is 10.1. The van der Waals surface area contributed by atoms with Gasteiger partial charge in [-0.15, -0.1) is 29.1 Å². The van der Waals surface area contributed by atoms with E-state index in [0.29, 0.717) is 5.92 Å². The molecule has 0 saturated carbocycles. The fourth-order valence-corrected chi connectivity index (χ4v) is 5.22. The number of rotatable bonds is 4. The summed E-state index contributed by atoms with van der Waals surface area (Å²) < 4.78 is 6.43. The molecule has 0 spiro atoms. The van der Waals surface area contributed by atoms with Crippen molar-refractivity contribution in [2.75, 3.05) is 0 Å². The van der Waals surface area contributed by atoms with E-state index in [-0.39, 0.29) is 37.1 Å². The second kappa shape index (κ2) is 13.3. The number of carbonyl (C=O) groups is 1. The van der Waals surface area contributed by atoms with Crippen molar-refractivity contribution >= 4 is 49.4 Å². The van der Waals surface area contributed by atoms with Crippen LogP contribution in [-0.4, -0.2) is 15.9 Å². The number of aliphatic hydroxyl groups excluding tert-OH is 1. The Morgan fingerprint density at radius 2 is 1.56 bits per heavy atom. The number of fused-ring (bicyclic) bond motifs is 6. The summed E-state index contributed by atoms with van der Waals surface area (Å²) in [6, 6.07) is 30.8. The molecule has 2 aromatic heterocycles. The van der Waals surface area contributed by atoms with Gasteiger partial charge in [0.05, 0.1) is 5.52 Å². The number of aliphatic hydroxyl groups is 1. The summed E-state index contributed by atoms with van der Waals surface area (Å²) in [5.41, 5.74) is 5.12. The van der Waals surface area contributed by atoms with E-state index in [1.54, 1.807) is 0 Å². The summed E-state index contributed by atoms with van der Waals surface area (Å²) >= 11 is 0. The Morgan fingerprint density at radius 1 is 0.889 bits per heavy atom. The molecule has 6 rings (SSSR count). The molecule has 1 radical (unpaired) electrons. The summed E-state index contributed by atoms with van der Waals surface area (Å²) in [4.78, 5) is 16.6. The van der Waals surface area contributed by atoms with Gasteiger partial charge >= 0.3 is 0 Å². The van der Waals surface area contributed by atoms with Crippen LogP contribution in [0.1, 0.15) is 61.0 Å². The third-order valence-corrected chi connectivity index (χ3v) is 7.75. The van der Waals surface area contributed by atoms with E-state index >= 15 is 0 Å². The number of pyridine rings is 1. The maximum Gasteiger partial charge on any atom is 0.164 e. The monoisotopic (exact) mass is 777 g/mol. The molecule has 0 fully saturated rings. The van der Waals surface area contributed by atoms with Crippen molar-refractivity contribution in [1.82, 2.24) is 4.98 Å². The number of hydrogen-bond donors (Lipinski definition) is 1. The van der Waals surface area contributed by atoms with Crippen molar-refractivity contribution in [2.24, 2.45) is 16.7 Å². The first-order valence-corrected chi connectivity index (χ1v) is 15.3. The summed E-state index contributed by atoms with van der Waals surface area (Å²) in [7, 11) is 0. The molecule has 0 aliphatic rings. The third-order valence-electron chi connectivity index (χ3n) is 7.75. The normalized spacial score (nSPS) is 12.4. The van der Waals surface area contributed by atoms with E-state index in [1.165, 1.54) is 17.0 Å². The average Bonchev–Trinajstić information content (AvgIpc) is 3.36. The molecule has 2 heterocycles. The molecular weight excluding hydrogens is 735 g/mol. The molecule has 45 heavy (non-hydrogen) atoms. The molecule has 0 unspecified atom stereocenters. The van der Waals surface area contributed by atoms with Gasteiger partial charge in [-0.1, -0.05) is 109 Å². The number of allylic oxidation sites excluding steroid dienone is 2. The largest absolute Gasteiger partial charge is 0.512 e. The van der Waals surface area contributed by atoms with Crippen molar-refractivity contribution in [3.05, 3.63) is 102 Å². The van der Waals surface area contributed by atoms with Gasteiger partial charge in [0.15, 0.2) is 5.78 Å². The SMILES string of the molecule is CC(C)(C)C(=O)/C=C(\O)C(C)(C)C.CC(C)Cc1ccc2nc(-c3[c-]ccc4ccccc34)c3oc4ccccc4c3c2c1.[Ir]. The molecular formula is C40H42IrNO3-. The molecule has 1 N–H and O–H groups in total. The standard InChI is InChI=1S/C29H22NO.C11H20O2.Ir/c1-18(2)16-19-14-15-25-24(17-19)27-23-11-5-6-13-26(23)31-29(27)28(30-25)22-12-7-9-20-8-3-4-10-21(20)22;1-10(2,3)8(12)7-9(13)11(4,5)6;/h3-11,13-15,17-18H,16H2,1-2H3;7,12H,1-6H3;/q-1;;/b;8-7-;. The minimum atomic E-state index is -0.417. The van der Waals surface area contributed by atoms with Crippen molar-refractivity contribution in [3.63, 3.8) is 0 Å². The van der Waals surface area contributed by atoms with Gasteiger partial charge in [0, 0.05) is 58.9 Å². The number of hydrogen-bond acceptors (Lipinski definition) is 4. The van der Waals surface area contributed by atoms with Crippen LogP contribution in [0.5, 0.6) is 0 Å². The Hall–Kier alpha value is -3.79. The van der Waals surface area contributed by atoms with Gasteiger partial charge in [0.2, 0.25) is 0 Å². The Morgan fingerprint density at radius 3 is 2.22 bits per heavy atom. The van der Waals surface area contributed by atoms with Crippen LogP contribution < -0.4 is 0 Å². The van der Waals surface area contributed by atoms with Gasteiger partial charge in [-0.3, -0.25) is 9.78 Å². The second-order valence-corrected chi connectivity index (χ2v) is 14.0. The minimum Gasteiger partial charge on any atom is -0.512 e. The quantitative estimate of drug-likeness (QED) is 0.110. The predicted octanol–water partition coefficient (Wildman–Crippen LogP) is 11.0. The summed E-state index contributed by atoms with van der Waals surface area (Å²) in [5.74, 6) is 0.707. The Labute approximate surface area is 279 Å². The topological polar surface area (TPSA) is 63.3 Å². The van der Waals surface area contributed by atoms with Crippen molar-refractivity contribution < 1.29 is 34.4 Å². The Bertz CT molecular complexity index is 2010. The zero-order valence-electron chi connectivity index (χ0n) is 27.4. The molecule has 235 valence electrons. The maximum atomic E-state index is 11.5. The average molecular weight is 777 g/mol. The molecule has 0 bridgehead atoms. The molecule has 0 atom stereocenters. The van der Waals surface area contributed by atoms with Crippen LogP contribution in [0, 0.1) is 22.8 Å². The molecule has 4 nitrogen and oxygen atoms in total. The molecule has 4 aromatic carbocycles. The second-order valence-electron chi connectivity index (χ2n) is 14.0. The van der Waals surface area contributed by atoms with Gasteiger partial charge in [-0.05, 0) is 36.1 Å². The smallest absolute Gasteiger partial charge is 0.164 e. The molecule has 0 aliphatic carbocycles. The number of carbonyl (C=O) groups excluding carboxylic acids is 1. The van der Waals surface area contributed by atoms with Crippen LogP contribution in [0.25, 0.3) is 54.9 Å². The van der Waals surface area contributed by atoms with Gasteiger partial charge in [-0.2, -0.15) is 0 Å². The zero-order valence-corrected chi connectivity index (χ0v) is 29.8. The molecule has 0 aliphatic heterocycles. The van der Waals surface area contributed by atoms with Gasteiger partial charge in [-0.25, -0.2) is 0 Å². The fourth-order valence-electron chi connectivity index (χ4n) is 5.22. The maximum absolute atomic E-state index is 11.5. The fraction of sp³-hybridized carbons (Fsp3) is 0.300. The van der Waals surface area contributed by atoms with E-state index in [9.17, 15) is 9.90 Å². The number of ketones is 1. The van der Waals surface area contributed by atoms with E-state index in [1.807, 2.05) is 59.7 Å². The number of furan rings is 1. The number of para-hydroxylation sites is 1. The first kappa shape index (κ1) is 34.1. The van der Waals surface area contributed by atoms with Gasteiger partial charge < -0.3 is 9.52 Å². The van der Waals surface area contributed by atoms with E-state index in [2.05, 4.69) is 80.6 Å². The number of nitrogens with zero attached hydrogens (tertiary/aromatic N) is 1. The Balaban J connectivity index is 0.000000283. The van der Waals surface area contributed by atoms with Crippen LogP contribution in [0.15, 0.2) is 95.1 Å². The van der Waals surface area contributed by atoms with Crippen LogP contribution in [0.2, 0.25) is 0 Å². The summed E-state index contributed by atoms with van der Waals surface area (Å²) in [6.07, 6.45) is 2.38. The van der Waals surface area contributed by atoms with Crippen molar-refractivity contribution in [2.45, 2.75) is 61.8 Å². The van der Waals surface area contributed by atoms with Crippen molar-refractivity contribution in [1.29, 1.82) is 0 Å². The van der Waals surface area contributed by atoms with E-state index in [4.69, 9.17) is 9.40 Å². The minimum absolute atomic E-state index is 0. The van der Waals surface area contributed by atoms with Gasteiger partial charge in [0.1, 0.15) is 16.9 Å². The van der Waals surface area contributed by atoms with E-state index < -0.39 is 5.41 Å². The molecule has 5 heteroatoms. The summed E-state index contributed by atoms with van der Waals surface area (Å²) in [5, 5.41) is 15.3. The van der Waals surface area contributed by atoms with Gasteiger partial charge in [0.25, 0.3) is 0 Å². The number of aromatic nitrogens is 1. The zero-order chi connectivity index (χ0) is 31.8. The molecule has 0 amide bonds. The van der Waals surface area contributed by atoms with Crippen LogP contribution >= 0.6 is 0 Å². The first-order chi connectivity index (χ1) is 20.7. The molecule has 0 saturated heterocycles. The van der Waals surface area contributed by atoms with E-state index in [0.717, 1.165) is 55.9 Å². The third kappa shape index (κ3) is 7.38. The van der Waals surface area contributed by atoms with Crippen molar-refractivity contribution in [3.8, 4) is 11.3 Å². The van der Waals surface area contributed by atoms with Crippen LogP contribution in [0.3, 0.4) is 0 Å². The predicted molar refractivity (Wildman–Crippen MR) is 184 cm³/mol. The molecule has 6 aromatic rings. The number of benzene rings is 4. The summed E-state index contributed by atoms with van der Waals surface area (Å²) in [6.45, 7) is 15.6.